The number of furan rings is 1. The van der Waals surface area contributed by atoms with Gasteiger partial charge in [0.05, 0.1) is 12.2 Å². The van der Waals surface area contributed by atoms with Gasteiger partial charge in [0, 0.05) is 34.5 Å². The zero-order valence-electron chi connectivity index (χ0n) is 20.3. The maximum Gasteiger partial charge on any atom is 0.416 e. The lowest BCUT2D eigenvalue weighted by atomic mass is 10.1. The number of rotatable bonds is 9. The highest BCUT2D eigenvalue weighted by molar-refractivity contribution is 7.97. The minimum atomic E-state index is -4.68. The third-order valence-electron chi connectivity index (χ3n) is 5.85. The van der Waals surface area contributed by atoms with Crippen LogP contribution in [0.1, 0.15) is 39.7 Å². The van der Waals surface area contributed by atoms with E-state index in [1.165, 1.54) is 11.9 Å². The monoisotopic (exact) mass is 531 g/mol. The Morgan fingerprint density at radius 2 is 1.81 bits per heavy atom. The molecule has 37 heavy (non-hydrogen) atoms. The second-order valence-electron chi connectivity index (χ2n) is 8.39. The van der Waals surface area contributed by atoms with Gasteiger partial charge in [0.25, 0.3) is 0 Å². The highest BCUT2D eigenvalue weighted by Crippen LogP contribution is 2.36. The third-order valence-corrected chi connectivity index (χ3v) is 6.89. The van der Waals surface area contributed by atoms with Crippen molar-refractivity contribution in [1.82, 2.24) is 4.31 Å². The molecule has 0 aliphatic heterocycles. The summed E-state index contributed by atoms with van der Waals surface area (Å²) in [5, 5.41) is 0.693. The fourth-order valence-electron chi connectivity index (χ4n) is 4.01. The summed E-state index contributed by atoms with van der Waals surface area (Å²) in [7, 11) is 0. The van der Waals surface area contributed by atoms with Gasteiger partial charge in [0.2, 0.25) is 5.76 Å². The number of esters is 1. The van der Waals surface area contributed by atoms with E-state index in [2.05, 4.69) is 0 Å². The van der Waals surface area contributed by atoms with Crippen LogP contribution in [0.2, 0.25) is 0 Å². The first kappa shape index (κ1) is 26.8. The van der Waals surface area contributed by atoms with Crippen molar-refractivity contribution in [2.24, 2.45) is 0 Å². The van der Waals surface area contributed by atoms with Gasteiger partial charge in [-0.05, 0) is 68.1 Å². The lowest BCUT2D eigenvalue weighted by molar-refractivity contribution is -0.138. The minimum absolute atomic E-state index is 0.112. The summed E-state index contributed by atoms with van der Waals surface area (Å²) < 4.78 is 68.1. The molecule has 1 heterocycles. The number of halogens is 4. The summed E-state index contributed by atoms with van der Waals surface area (Å²) in [5.41, 5.74) is 0.728. The SMILES string of the molecule is CCOC(=O)c1oc2ccc(SN(CCc3ccccc3)Cc3c(F)cccc3C(F)(F)F)cc2c1C. The second-order valence-corrected chi connectivity index (χ2v) is 9.56. The van der Waals surface area contributed by atoms with Gasteiger partial charge in [-0.3, -0.25) is 0 Å². The molecule has 3 aromatic carbocycles. The number of carbonyl (C=O) groups is 1. The number of hydrogen-bond acceptors (Lipinski definition) is 5. The fourth-order valence-corrected chi connectivity index (χ4v) is 4.99. The Labute approximate surface area is 216 Å². The number of carbonyl (C=O) groups excluding carboxylic acids is 1. The van der Waals surface area contributed by atoms with Crippen molar-refractivity contribution < 1.29 is 31.5 Å². The molecular weight excluding hydrogens is 506 g/mol. The van der Waals surface area contributed by atoms with Gasteiger partial charge in [-0.1, -0.05) is 36.4 Å². The summed E-state index contributed by atoms with van der Waals surface area (Å²) in [5.74, 6) is -1.35. The zero-order chi connectivity index (χ0) is 26.6. The van der Waals surface area contributed by atoms with Crippen LogP contribution in [0.3, 0.4) is 0 Å². The zero-order valence-corrected chi connectivity index (χ0v) is 21.1. The van der Waals surface area contributed by atoms with E-state index in [-0.39, 0.29) is 18.9 Å². The summed E-state index contributed by atoms with van der Waals surface area (Å²) in [4.78, 5) is 12.9. The van der Waals surface area contributed by atoms with E-state index in [4.69, 9.17) is 9.15 Å². The topological polar surface area (TPSA) is 42.7 Å². The Bertz CT molecular complexity index is 1390. The Kier molecular flexibility index (Phi) is 8.24. The Morgan fingerprint density at radius 1 is 1.05 bits per heavy atom. The van der Waals surface area contributed by atoms with Crippen LogP contribution in [0, 0.1) is 12.7 Å². The van der Waals surface area contributed by atoms with Gasteiger partial charge in [-0.2, -0.15) is 13.2 Å². The van der Waals surface area contributed by atoms with Crippen LogP contribution < -0.4 is 0 Å². The van der Waals surface area contributed by atoms with Crippen molar-refractivity contribution in [3.63, 3.8) is 0 Å². The molecule has 0 aliphatic rings. The largest absolute Gasteiger partial charge is 0.460 e. The molecule has 1 aromatic heterocycles. The molecule has 0 saturated heterocycles. The molecular formula is C28H25F4NO3S. The first-order valence-electron chi connectivity index (χ1n) is 11.7. The number of nitrogens with zero attached hydrogens (tertiary/aromatic N) is 1. The molecule has 0 unspecified atom stereocenters. The van der Waals surface area contributed by atoms with Crippen LogP contribution in [0.15, 0.2) is 76.0 Å². The summed E-state index contributed by atoms with van der Waals surface area (Å²) in [6.45, 7) is 3.78. The third kappa shape index (κ3) is 6.34. The van der Waals surface area contributed by atoms with E-state index in [1.54, 1.807) is 30.3 Å². The van der Waals surface area contributed by atoms with Crippen LogP contribution >= 0.6 is 11.9 Å². The van der Waals surface area contributed by atoms with Crippen molar-refractivity contribution in [3.05, 3.63) is 101 Å². The molecule has 194 valence electrons. The van der Waals surface area contributed by atoms with E-state index < -0.39 is 29.1 Å². The quantitative estimate of drug-likeness (QED) is 0.125. The van der Waals surface area contributed by atoms with Gasteiger partial charge in [0.15, 0.2) is 0 Å². The van der Waals surface area contributed by atoms with Gasteiger partial charge in [-0.25, -0.2) is 13.5 Å². The molecule has 0 amide bonds. The first-order chi connectivity index (χ1) is 17.7. The van der Waals surface area contributed by atoms with Crippen molar-refractivity contribution >= 4 is 28.9 Å². The average molecular weight is 532 g/mol. The number of hydrogen-bond donors (Lipinski definition) is 0. The van der Waals surface area contributed by atoms with Gasteiger partial charge < -0.3 is 9.15 Å². The van der Waals surface area contributed by atoms with Gasteiger partial charge in [0.1, 0.15) is 11.4 Å². The summed E-state index contributed by atoms with van der Waals surface area (Å²) in [6.07, 6.45) is -4.12. The maximum absolute atomic E-state index is 14.7. The molecule has 0 radical (unpaired) electrons. The van der Waals surface area contributed by atoms with E-state index in [9.17, 15) is 22.4 Å². The van der Waals surface area contributed by atoms with Crippen molar-refractivity contribution in [2.75, 3.05) is 13.2 Å². The Morgan fingerprint density at radius 3 is 2.51 bits per heavy atom. The minimum Gasteiger partial charge on any atom is -0.460 e. The second kappa shape index (κ2) is 11.4. The number of ether oxygens (including phenoxy) is 1. The number of fused-ring (bicyclic) bond motifs is 1. The number of alkyl halides is 3. The van der Waals surface area contributed by atoms with Crippen molar-refractivity contribution in [2.45, 2.75) is 37.9 Å². The lowest BCUT2D eigenvalue weighted by Gasteiger charge is -2.24. The highest BCUT2D eigenvalue weighted by atomic mass is 32.2. The molecule has 0 atom stereocenters. The molecule has 9 heteroatoms. The maximum atomic E-state index is 14.7. The van der Waals surface area contributed by atoms with Crippen LogP contribution in [0.5, 0.6) is 0 Å². The molecule has 0 saturated carbocycles. The van der Waals surface area contributed by atoms with Crippen LogP contribution in [0.25, 0.3) is 11.0 Å². The average Bonchev–Trinajstić information content (AvgIpc) is 3.19. The normalized spacial score (nSPS) is 11.9. The molecule has 4 aromatic rings. The molecule has 4 rings (SSSR count). The molecule has 0 fully saturated rings. The summed E-state index contributed by atoms with van der Waals surface area (Å²) >= 11 is 1.22. The standard InChI is InChI=1S/C28H25F4NO3S/c1-3-35-27(34)26-18(2)21-16-20(12-13-25(21)36-26)37-33(15-14-19-8-5-4-6-9-19)17-22-23(28(30,31)32)10-7-11-24(22)29/h4-13,16H,3,14-15,17H2,1-2H3. The smallest absolute Gasteiger partial charge is 0.416 e. The van der Waals surface area contributed by atoms with Crippen molar-refractivity contribution in [1.29, 1.82) is 0 Å². The molecule has 0 aliphatic carbocycles. The molecule has 0 spiro atoms. The molecule has 4 nitrogen and oxygen atoms in total. The Hall–Kier alpha value is -3.30. The first-order valence-corrected chi connectivity index (χ1v) is 12.5. The summed E-state index contributed by atoms with van der Waals surface area (Å²) in [6, 6.07) is 17.8. The number of benzene rings is 3. The molecule has 0 bridgehead atoms. The van der Waals surface area contributed by atoms with E-state index in [1.807, 2.05) is 36.4 Å². The number of aryl methyl sites for hydroxylation is 1. The Balaban J connectivity index is 1.65. The highest BCUT2D eigenvalue weighted by Gasteiger charge is 2.35. The van der Waals surface area contributed by atoms with Gasteiger partial charge >= 0.3 is 12.1 Å². The van der Waals surface area contributed by atoms with Crippen LogP contribution in [-0.2, 0) is 23.9 Å². The molecule has 0 N–H and O–H groups in total. The van der Waals surface area contributed by atoms with Crippen LogP contribution in [0.4, 0.5) is 17.6 Å². The van der Waals surface area contributed by atoms with Crippen LogP contribution in [-0.4, -0.2) is 23.4 Å². The predicted molar refractivity (Wildman–Crippen MR) is 135 cm³/mol. The van der Waals surface area contributed by atoms with E-state index >= 15 is 0 Å². The fraction of sp³-hybridized carbons (Fsp3) is 0.250. The van der Waals surface area contributed by atoms with E-state index in [0.29, 0.717) is 34.4 Å². The van der Waals surface area contributed by atoms with E-state index in [0.717, 1.165) is 23.8 Å². The lowest BCUT2D eigenvalue weighted by Crippen LogP contribution is -2.22. The van der Waals surface area contributed by atoms with Crippen molar-refractivity contribution in [3.8, 4) is 0 Å². The van der Waals surface area contributed by atoms with Gasteiger partial charge in [-0.15, -0.1) is 0 Å². The predicted octanol–water partition coefficient (Wildman–Crippen LogP) is 7.83.